The number of nitrogens with one attached hydrogen (secondary N) is 1. The zero-order valence-corrected chi connectivity index (χ0v) is 10.8. The molecule has 1 aromatic carbocycles. The Hall–Kier alpha value is -1.95. The van der Waals surface area contributed by atoms with Crippen LogP contribution in [0.25, 0.3) is 11.0 Å². The van der Waals surface area contributed by atoms with Crippen molar-refractivity contribution >= 4 is 27.6 Å². The highest BCUT2D eigenvalue weighted by atomic mass is 32.1. The third kappa shape index (κ3) is 1.95. The van der Waals surface area contributed by atoms with Crippen LogP contribution < -0.4 is 5.32 Å². The van der Waals surface area contributed by atoms with Crippen molar-refractivity contribution in [2.24, 2.45) is 0 Å². The highest BCUT2D eigenvalue weighted by Crippen LogP contribution is 2.20. The van der Waals surface area contributed by atoms with Crippen LogP contribution in [0, 0.1) is 0 Å². The van der Waals surface area contributed by atoms with Gasteiger partial charge in [-0.25, -0.2) is 4.98 Å². The van der Waals surface area contributed by atoms with E-state index in [0.717, 1.165) is 28.3 Å². The Bertz CT molecular complexity index is 657. The van der Waals surface area contributed by atoms with Crippen LogP contribution in [-0.2, 0) is 6.54 Å². The Balaban J connectivity index is 1.94. The Morgan fingerprint density at radius 2 is 2.22 bits per heavy atom. The van der Waals surface area contributed by atoms with Gasteiger partial charge in [0.25, 0.3) is 0 Å². The van der Waals surface area contributed by atoms with Gasteiger partial charge in [-0.1, -0.05) is 16.6 Å². The van der Waals surface area contributed by atoms with Crippen LogP contribution in [0.1, 0.15) is 12.6 Å². The zero-order chi connectivity index (χ0) is 12.4. The molecule has 0 bridgehead atoms. The SMILES string of the molecule is CCNc1snnc1Cn1cnc2ccccc21. The first-order valence-electron chi connectivity index (χ1n) is 5.83. The van der Waals surface area contributed by atoms with E-state index >= 15 is 0 Å². The molecule has 0 saturated heterocycles. The van der Waals surface area contributed by atoms with Gasteiger partial charge in [-0.15, -0.1) is 5.10 Å². The lowest BCUT2D eigenvalue weighted by molar-refractivity contribution is 0.791. The fourth-order valence-electron chi connectivity index (χ4n) is 1.90. The monoisotopic (exact) mass is 259 g/mol. The van der Waals surface area contributed by atoms with E-state index in [-0.39, 0.29) is 0 Å². The van der Waals surface area contributed by atoms with Crippen LogP contribution in [0.5, 0.6) is 0 Å². The molecule has 0 aliphatic heterocycles. The second-order valence-electron chi connectivity index (χ2n) is 3.94. The van der Waals surface area contributed by atoms with Crippen LogP contribution in [0.2, 0.25) is 0 Å². The van der Waals surface area contributed by atoms with Crippen molar-refractivity contribution in [2.75, 3.05) is 11.9 Å². The first kappa shape index (κ1) is 11.2. The summed E-state index contributed by atoms with van der Waals surface area (Å²) in [5.74, 6) is 0. The van der Waals surface area contributed by atoms with Crippen molar-refractivity contribution in [2.45, 2.75) is 13.5 Å². The van der Waals surface area contributed by atoms with Crippen LogP contribution in [0.3, 0.4) is 0 Å². The molecule has 0 aliphatic carbocycles. The number of rotatable bonds is 4. The van der Waals surface area contributed by atoms with Crippen molar-refractivity contribution in [1.82, 2.24) is 19.1 Å². The fraction of sp³-hybridized carbons (Fsp3) is 0.250. The minimum Gasteiger partial charge on any atom is -0.374 e. The topological polar surface area (TPSA) is 55.6 Å². The number of aromatic nitrogens is 4. The average molecular weight is 259 g/mol. The van der Waals surface area contributed by atoms with Crippen LogP contribution in [-0.4, -0.2) is 25.7 Å². The molecule has 5 nitrogen and oxygen atoms in total. The van der Waals surface area contributed by atoms with E-state index in [9.17, 15) is 0 Å². The van der Waals surface area contributed by atoms with Crippen molar-refractivity contribution in [1.29, 1.82) is 0 Å². The van der Waals surface area contributed by atoms with E-state index in [0.29, 0.717) is 6.54 Å². The quantitative estimate of drug-likeness (QED) is 0.781. The van der Waals surface area contributed by atoms with Crippen LogP contribution >= 0.6 is 11.5 Å². The van der Waals surface area contributed by atoms with E-state index in [4.69, 9.17) is 0 Å². The number of anilines is 1. The Morgan fingerprint density at radius 1 is 1.33 bits per heavy atom. The van der Waals surface area contributed by atoms with Crippen molar-refractivity contribution < 1.29 is 0 Å². The smallest absolute Gasteiger partial charge is 0.135 e. The lowest BCUT2D eigenvalue weighted by Gasteiger charge is -2.04. The number of hydrogen-bond donors (Lipinski definition) is 1. The summed E-state index contributed by atoms with van der Waals surface area (Å²) >= 11 is 1.40. The first-order chi connectivity index (χ1) is 8.88. The molecule has 6 heteroatoms. The molecule has 3 rings (SSSR count). The van der Waals surface area contributed by atoms with Crippen molar-refractivity contribution in [3.63, 3.8) is 0 Å². The highest BCUT2D eigenvalue weighted by Gasteiger charge is 2.09. The molecule has 0 radical (unpaired) electrons. The molecule has 92 valence electrons. The molecule has 3 aromatic rings. The summed E-state index contributed by atoms with van der Waals surface area (Å²) < 4.78 is 6.09. The van der Waals surface area contributed by atoms with Gasteiger partial charge in [-0.2, -0.15) is 0 Å². The maximum atomic E-state index is 4.37. The summed E-state index contributed by atoms with van der Waals surface area (Å²) in [6.07, 6.45) is 1.85. The van der Waals surface area contributed by atoms with Gasteiger partial charge >= 0.3 is 0 Å². The fourth-order valence-corrected chi connectivity index (χ4v) is 2.55. The number of hydrogen-bond acceptors (Lipinski definition) is 5. The molecule has 2 aromatic heterocycles. The van der Waals surface area contributed by atoms with E-state index in [1.54, 1.807) is 0 Å². The summed E-state index contributed by atoms with van der Waals surface area (Å²) in [5, 5.41) is 8.49. The van der Waals surface area contributed by atoms with Gasteiger partial charge in [0.1, 0.15) is 10.7 Å². The molecule has 0 fully saturated rings. The first-order valence-corrected chi connectivity index (χ1v) is 6.61. The summed E-state index contributed by atoms with van der Waals surface area (Å²) in [6.45, 7) is 3.64. The van der Waals surface area contributed by atoms with E-state index < -0.39 is 0 Å². The molecule has 0 aliphatic rings. The highest BCUT2D eigenvalue weighted by molar-refractivity contribution is 7.10. The molecule has 0 unspecified atom stereocenters. The zero-order valence-electron chi connectivity index (χ0n) is 10.00. The van der Waals surface area contributed by atoms with Gasteiger partial charge in [0.15, 0.2) is 0 Å². The van der Waals surface area contributed by atoms with Gasteiger partial charge in [0, 0.05) is 18.1 Å². The predicted octanol–water partition coefficient (Wildman–Crippen LogP) is 2.37. The van der Waals surface area contributed by atoms with Gasteiger partial charge in [0.05, 0.1) is 23.9 Å². The molecule has 2 heterocycles. The maximum absolute atomic E-state index is 4.37. The van der Waals surface area contributed by atoms with Crippen molar-refractivity contribution in [3.05, 3.63) is 36.3 Å². The minimum atomic E-state index is 0.694. The van der Waals surface area contributed by atoms with E-state index in [1.807, 2.05) is 24.5 Å². The Morgan fingerprint density at radius 3 is 3.11 bits per heavy atom. The number of nitrogens with zero attached hydrogens (tertiary/aromatic N) is 4. The van der Waals surface area contributed by atoms with Crippen LogP contribution in [0.15, 0.2) is 30.6 Å². The standard InChI is InChI=1S/C12H13N5S/c1-2-13-12-10(15-16-18-12)7-17-8-14-9-5-3-4-6-11(9)17/h3-6,8,13H,2,7H2,1H3. The maximum Gasteiger partial charge on any atom is 0.135 e. The lowest BCUT2D eigenvalue weighted by Crippen LogP contribution is -2.03. The molecular formula is C12H13N5S. The summed E-state index contributed by atoms with van der Waals surface area (Å²) in [5.41, 5.74) is 3.09. The number of imidazole rings is 1. The molecule has 18 heavy (non-hydrogen) atoms. The second-order valence-corrected chi connectivity index (χ2v) is 4.69. The third-order valence-electron chi connectivity index (χ3n) is 2.74. The lowest BCUT2D eigenvalue weighted by atomic mass is 10.3. The Labute approximate surface area is 109 Å². The molecule has 0 atom stereocenters. The normalized spacial score (nSPS) is 10.9. The van der Waals surface area contributed by atoms with Gasteiger partial charge in [-0.05, 0) is 19.1 Å². The predicted molar refractivity (Wildman–Crippen MR) is 72.9 cm³/mol. The van der Waals surface area contributed by atoms with Crippen LogP contribution in [0.4, 0.5) is 5.00 Å². The second kappa shape index (κ2) is 4.73. The third-order valence-corrected chi connectivity index (χ3v) is 3.47. The summed E-state index contributed by atoms with van der Waals surface area (Å²) in [6, 6.07) is 8.09. The number of fused-ring (bicyclic) bond motifs is 1. The van der Waals surface area contributed by atoms with Gasteiger partial charge in [0.2, 0.25) is 0 Å². The van der Waals surface area contributed by atoms with Gasteiger partial charge in [-0.3, -0.25) is 0 Å². The van der Waals surface area contributed by atoms with Gasteiger partial charge < -0.3 is 9.88 Å². The summed E-state index contributed by atoms with van der Waals surface area (Å²) in [4.78, 5) is 4.37. The molecule has 0 saturated carbocycles. The Kier molecular flexibility index (Phi) is 2.93. The molecule has 1 N–H and O–H groups in total. The number of para-hydroxylation sites is 2. The average Bonchev–Trinajstić information content (AvgIpc) is 2.99. The molecule has 0 amide bonds. The molecular weight excluding hydrogens is 246 g/mol. The minimum absolute atomic E-state index is 0.694. The van der Waals surface area contributed by atoms with E-state index in [1.165, 1.54) is 11.5 Å². The van der Waals surface area contributed by atoms with Crippen molar-refractivity contribution in [3.8, 4) is 0 Å². The van der Waals surface area contributed by atoms with E-state index in [2.05, 4.69) is 37.4 Å². The largest absolute Gasteiger partial charge is 0.374 e. The summed E-state index contributed by atoms with van der Waals surface area (Å²) in [7, 11) is 0. The number of benzene rings is 1. The molecule has 0 spiro atoms.